The monoisotopic (exact) mass is 366 g/mol. The number of morpholine rings is 1. The van der Waals surface area contributed by atoms with E-state index in [1.54, 1.807) is 0 Å². The molecule has 1 amide bonds. The number of carbonyl (C=O) groups is 1. The van der Waals surface area contributed by atoms with Gasteiger partial charge in [0.05, 0.1) is 19.3 Å². The normalized spacial score (nSPS) is 26.0. The van der Waals surface area contributed by atoms with Crippen molar-refractivity contribution in [2.24, 2.45) is 5.92 Å². The largest absolute Gasteiger partial charge is 0.461 e. The summed E-state index contributed by atoms with van der Waals surface area (Å²) < 4.78 is 11.6. The number of ether oxygens (including phenoxy) is 1. The number of carbonyl (C=O) groups excluding carboxylic acids is 1. The van der Waals surface area contributed by atoms with Gasteiger partial charge in [0.1, 0.15) is 11.5 Å². The molecule has 2 aromatic rings. The van der Waals surface area contributed by atoms with Crippen molar-refractivity contribution in [3.8, 4) is 11.3 Å². The summed E-state index contributed by atoms with van der Waals surface area (Å²) in [4.78, 5) is 17.7. The lowest BCUT2D eigenvalue weighted by molar-refractivity contribution is -0.0816. The number of aryl methyl sites for hydroxylation is 1. The van der Waals surface area contributed by atoms with Crippen LogP contribution in [0.5, 0.6) is 0 Å². The molecule has 0 spiro atoms. The van der Waals surface area contributed by atoms with Crippen LogP contribution < -0.4 is 0 Å². The molecule has 1 saturated carbocycles. The van der Waals surface area contributed by atoms with Crippen molar-refractivity contribution >= 4 is 5.91 Å². The Hall–Kier alpha value is -2.11. The molecule has 0 bridgehead atoms. The van der Waals surface area contributed by atoms with E-state index in [-0.39, 0.29) is 5.91 Å². The highest BCUT2D eigenvalue weighted by molar-refractivity contribution is 5.95. The molecule has 0 unspecified atom stereocenters. The van der Waals surface area contributed by atoms with Gasteiger partial charge in [0, 0.05) is 36.8 Å². The van der Waals surface area contributed by atoms with Crippen LogP contribution in [0, 0.1) is 12.8 Å². The summed E-state index contributed by atoms with van der Waals surface area (Å²) >= 11 is 0. The lowest BCUT2D eigenvalue weighted by Gasteiger charge is -2.48. The smallest absolute Gasteiger partial charge is 0.253 e. The zero-order valence-electron chi connectivity index (χ0n) is 15.8. The topological polar surface area (TPSA) is 45.9 Å². The maximum absolute atomic E-state index is 13.1. The molecule has 142 valence electrons. The van der Waals surface area contributed by atoms with Gasteiger partial charge in [-0.2, -0.15) is 0 Å². The number of hydrogen-bond donors (Lipinski definition) is 0. The quantitative estimate of drug-likeness (QED) is 0.837. The maximum Gasteiger partial charge on any atom is 0.253 e. The van der Waals surface area contributed by atoms with Crippen molar-refractivity contribution in [1.29, 1.82) is 0 Å². The van der Waals surface area contributed by atoms with Crippen molar-refractivity contribution in [3.05, 3.63) is 47.7 Å². The molecule has 3 fully saturated rings. The second kappa shape index (κ2) is 6.80. The van der Waals surface area contributed by atoms with E-state index in [1.165, 1.54) is 12.8 Å². The van der Waals surface area contributed by atoms with Gasteiger partial charge in [0.15, 0.2) is 0 Å². The zero-order chi connectivity index (χ0) is 18.4. The predicted octanol–water partition coefficient (Wildman–Crippen LogP) is 3.19. The van der Waals surface area contributed by atoms with Crippen LogP contribution in [0.2, 0.25) is 0 Å². The third-order valence-electron chi connectivity index (χ3n) is 6.14. The van der Waals surface area contributed by atoms with Crippen LogP contribution in [0.15, 0.2) is 40.8 Å². The van der Waals surface area contributed by atoms with Gasteiger partial charge in [-0.15, -0.1) is 0 Å². The molecule has 2 aliphatic heterocycles. The van der Waals surface area contributed by atoms with Gasteiger partial charge in [0.25, 0.3) is 5.91 Å². The van der Waals surface area contributed by atoms with Crippen LogP contribution in [0.25, 0.3) is 11.3 Å². The molecule has 1 aromatic carbocycles. The predicted molar refractivity (Wildman–Crippen MR) is 103 cm³/mol. The Kier molecular flexibility index (Phi) is 4.29. The molecule has 5 heteroatoms. The Morgan fingerprint density at radius 3 is 2.78 bits per heavy atom. The fourth-order valence-corrected chi connectivity index (χ4v) is 4.52. The summed E-state index contributed by atoms with van der Waals surface area (Å²) in [5.41, 5.74) is 1.67. The summed E-state index contributed by atoms with van der Waals surface area (Å²) in [6, 6.07) is 12.6. The molecule has 0 radical (unpaired) electrons. The second-order valence-electron chi connectivity index (χ2n) is 8.08. The molecule has 3 aliphatic rings. The lowest BCUT2D eigenvalue weighted by atomic mass is 10.0. The van der Waals surface area contributed by atoms with Crippen molar-refractivity contribution in [3.63, 3.8) is 0 Å². The summed E-state index contributed by atoms with van der Waals surface area (Å²) in [6.45, 7) is 6.03. The summed E-state index contributed by atoms with van der Waals surface area (Å²) in [6.07, 6.45) is 2.66. The van der Waals surface area contributed by atoms with E-state index in [1.807, 2.05) is 48.2 Å². The third kappa shape index (κ3) is 3.30. The minimum Gasteiger partial charge on any atom is -0.461 e. The van der Waals surface area contributed by atoms with Crippen LogP contribution >= 0.6 is 0 Å². The van der Waals surface area contributed by atoms with Crippen LogP contribution in [0.4, 0.5) is 0 Å². The van der Waals surface area contributed by atoms with E-state index in [4.69, 9.17) is 9.15 Å². The van der Waals surface area contributed by atoms with Gasteiger partial charge in [-0.1, -0.05) is 12.1 Å². The Morgan fingerprint density at radius 2 is 2.00 bits per heavy atom. The molecule has 2 saturated heterocycles. The highest BCUT2D eigenvalue weighted by Crippen LogP contribution is 2.38. The van der Waals surface area contributed by atoms with E-state index in [9.17, 15) is 4.79 Å². The number of rotatable bonds is 3. The van der Waals surface area contributed by atoms with Gasteiger partial charge in [-0.25, -0.2) is 0 Å². The molecule has 1 aliphatic carbocycles. The van der Waals surface area contributed by atoms with Gasteiger partial charge in [0.2, 0.25) is 0 Å². The summed E-state index contributed by atoms with van der Waals surface area (Å²) in [7, 11) is 0. The Labute approximate surface area is 159 Å². The van der Waals surface area contributed by atoms with E-state index in [0.717, 1.165) is 61.4 Å². The van der Waals surface area contributed by atoms with E-state index >= 15 is 0 Å². The van der Waals surface area contributed by atoms with Crippen molar-refractivity contribution in [2.45, 2.75) is 31.8 Å². The number of nitrogens with zero attached hydrogens (tertiary/aromatic N) is 2. The molecule has 0 N–H and O–H groups in total. The van der Waals surface area contributed by atoms with Crippen molar-refractivity contribution < 1.29 is 13.9 Å². The molecular formula is C22H26N2O3. The zero-order valence-corrected chi connectivity index (χ0v) is 15.8. The summed E-state index contributed by atoms with van der Waals surface area (Å²) in [5, 5.41) is 0. The maximum atomic E-state index is 13.1. The van der Waals surface area contributed by atoms with Gasteiger partial charge >= 0.3 is 0 Å². The van der Waals surface area contributed by atoms with Crippen LogP contribution in [-0.4, -0.2) is 60.6 Å². The fraction of sp³-hybridized carbons (Fsp3) is 0.500. The minimum atomic E-state index is 0.105. The van der Waals surface area contributed by atoms with Crippen molar-refractivity contribution in [1.82, 2.24) is 9.80 Å². The highest BCUT2D eigenvalue weighted by atomic mass is 16.5. The number of furan rings is 1. The molecule has 5 nitrogen and oxygen atoms in total. The average Bonchev–Trinajstić information content (AvgIpc) is 3.46. The van der Waals surface area contributed by atoms with Gasteiger partial charge in [-0.05, 0) is 49.9 Å². The average molecular weight is 366 g/mol. The number of hydrogen-bond acceptors (Lipinski definition) is 4. The van der Waals surface area contributed by atoms with E-state index < -0.39 is 0 Å². The third-order valence-corrected chi connectivity index (χ3v) is 6.14. The van der Waals surface area contributed by atoms with Gasteiger partial charge in [-0.3, -0.25) is 9.69 Å². The minimum absolute atomic E-state index is 0.105. The SMILES string of the molecule is Cc1ccc(-c2cccc(C(=O)N3CCN4[C@@H](COC[C@@H]4C4CC4)C3)c2)o1. The Morgan fingerprint density at radius 1 is 1.11 bits per heavy atom. The standard InChI is InChI=1S/C22H26N2O3/c1-15-5-8-21(27-15)17-3-2-4-18(11-17)22(25)23-9-10-24-19(12-23)13-26-14-20(24)16-6-7-16/h2-5,8,11,16,19-20H,6-7,9-10,12-14H2,1H3/t19-,20-/m1/s1. The molecule has 3 heterocycles. The van der Waals surface area contributed by atoms with E-state index in [0.29, 0.717) is 12.1 Å². The number of fused-ring (bicyclic) bond motifs is 1. The second-order valence-corrected chi connectivity index (χ2v) is 8.08. The molecule has 5 rings (SSSR count). The number of amides is 1. The van der Waals surface area contributed by atoms with Crippen molar-refractivity contribution in [2.75, 3.05) is 32.8 Å². The first-order valence-electron chi connectivity index (χ1n) is 9.99. The molecule has 1 aromatic heterocycles. The molecule has 2 atom stereocenters. The Bertz CT molecular complexity index is 842. The number of benzene rings is 1. The van der Waals surface area contributed by atoms with E-state index in [2.05, 4.69) is 4.90 Å². The van der Waals surface area contributed by atoms with Crippen LogP contribution in [0.3, 0.4) is 0 Å². The first-order chi connectivity index (χ1) is 13.2. The molecular weight excluding hydrogens is 340 g/mol. The lowest BCUT2D eigenvalue weighted by Crippen LogP contribution is -2.63. The van der Waals surface area contributed by atoms with Crippen LogP contribution in [0.1, 0.15) is 29.0 Å². The summed E-state index contributed by atoms with van der Waals surface area (Å²) in [5.74, 6) is 2.59. The highest BCUT2D eigenvalue weighted by Gasteiger charge is 2.43. The number of piperazine rings is 1. The first-order valence-corrected chi connectivity index (χ1v) is 9.99. The van der Waals surface area contributed by atoms with Crippen LogP contribution in [-0.2, 0) is 4.74 Å². The van der Waals surface area contributed by atoms with Gasteiger partial charge < -0.3 is 14.1 Å². The molecule has 27 heavy (non-hydrogen) atoms. The first kappa shape index (κ1) is 17.0. The fourth-order valence-electron chi connectivity index (χ4n) is 4.52. The Balaban J connectivity index is 1.31.